The van der Waals surface area contributed by atoms with Gasteiger partial charge in [-0.1, -0.05) is 12.1 Å². The van der Waals surface area contributed by atoms with Gasteiger partial charge >= 0.3 is 0 Å². The number of nitrogens with zero attached hydrogens (tertiary/aromatic N) is 1. The molecule has 0 radical (unpaired) electrons. The number of amides is 1. The number of hydrogen-bond acceptors (Lipinski definition) is 4. The van der Waals surface area contributed by atoms with E-state index in [1.165, 1.54) is 0 Å². The third-order valence-electron chi connectivity index (χ3n) is 3.77. The van der Waals surface area contributed by atoms with Crippen LogP contribution >= 0.6 is 11.3 Å². The molecule has 132 valence electrons. The van der Waals surface area contributed by atoms with Crippen LogP contribution in [0.4, 0.5) is 5.69 Å². The second-order valence-corrected chi connectivity index (χ2v) is 6.67. The molecular weight excluding hydrogens is 344 g/mol. The molecule has 1 heterocycles. The molecule has 0 saturated heterocycles. The Hall–Kier alpha value is -2.84. The molecule has 0 unspecified atom stereocenters. The van der Waals surface area contributed by atoms with Gasteiger partial charge in [0, 0.05) is 12.1 Å². The van der Waals surface area contributed by atoms with Crippen LogP contribution in [0.25, 0.3) is 10.2 Å². The van der Waals surface area contributed by atoms with Gasteiger partial charge in [0.1, 0.15) is 5.75 Å². The van der Waals surface area contributed by atoms with Crippen molar-refractivity contribution in [3.8, 4) is 17.6 Å². The maximum Gasteiger partial charge on any atom is 0.228 e. The number of benzene rings is 2. The zero-order chi connectivity index (χ0) is 18.2. The number of rotatable bonds is 7. The lowest BCUT2D eigenvalue weighted by atomic mass is 10.1. The average molecular weight is 364 g/mol. The van der Waals surface area contributed by atoms with Crippen LogP contribution in [0.1, 0.15) is 25.3 Å². The van der Waals surface area contributed by atoms with Crippen molar-refractivity contribution in [1.82, 2.24) is 4.98 Å². The summed E-state index contributed by atoms with van der Waals surface area (Å²) in [5, 5.41) is 2.94. The smallest absolute Gasteiger partial charge is 0.228 e. The van der Waals surface area contributed by atoms with Crippen LogP contribution in [0.5, 0.6) is 5.75 Å². The van der Waals surface area contributed by atoms with E-state index in [0.717, 1.165) is 40.1 Å². The molecule has 1 amide bonds. The van der Waals surface area contributed by atoms with Crippen molar-refractivity contribution in [2.75, 3.05) is 11.9 Å². The standard InChI is InChI=1S/C21H20N2O2S/c1-2-3-4-5-11-25-18-8-6-7-16(12-18)13-21(24)23-17-9-10-19-20(14-17)26-15-22-19/h6-10,12,14-15H,4-5,11,13H2,1H3,(H,23,24). The Labute approximate surface area is 157 Å². The van der Waals surface area contributed by atoms with Crippen LogP contribution < -0.4 is 10.1 Å². The van der Waals surface area contributed by atoms with Gasteiger partial charge in [0.2, 0.25) is 5.91 Å². The molecule has 3 rings (SSSR count). The summed E-state index contributed by atoms with van der Waals surface area (Å²) >= 11 is 1.56. The zero-order valence-electron chi connectivity index (χ0n) is 14.6. The van der Waals surface area contributed by atoms with Gasteiger partial charge in [0.15, 0.2) is 0 Å². The molecule has 0 fully saturated rings. The molecule has 0 aliphatic rings. The Balaban J connectivity index is 1.54. The lowest BCUT2D eigenvalue weighted by molar-refractivity contribution is -0.115. The molecule has 0 bridgehead atoms. The van der Waals surface area contributed by atoms with Gasteiger partial charge in [-0.15, -0.1) is 23.2 Å². The Morgan fingerprint density at radius 1 is 1.27 bits per heavy atom. The summed E-state index contributed by atoms with van der Waals surface area (Å²) in [4.78, 5) is 16.6. The Kier molecular flexibility index (Phi) is 6.24. The van der Waals surface area contributed by atoms with E-state index in [1.54, 1.807) is 16.8 Å². The summed E-state index contributed by atoms with van der Waals surface area (Å²) < 4.78 is 6.79. The summed E-state index contributed by atoms with van der Waals surface area (Å²) in [5.74, 6) is 6.62. The summed E-state index contributed by atoms with van der Waals surface area (Å²) in [7, 11) is 0. The summed E-state index contributed by atoms with van der Waals surface area (Å²) in [6, 6.07) is 13.4. The quantitative estimate of drug-likeness (QED) is 0.490. The number of carbonyl (C=O) groups excluding carboxylic acids is 1. The fourth-order valence-electron chi connectivity index (χ4n) is 2.54. The first kappa shape index (κ1) is 18.0. The van der Waals surface area contributed by atoms with Crippen molar-refractivity contribution in [1.29, 1.82) is 0 Å². The van der Waals surface area contributed by atoms with E-state index in [4.69, 9.17) is 4.74 Å². The summed E-state index contributed by atoms with van der Waals surface area (Å²) in [6.45, 7) is 2.46. The summed E-state index contributed by atoms with van der Waals surface area (Å²) in [6.07, 6.45) is 2.04. The fraction of sp³-hybridized carbons (Fsp3) is 0.238. The minimum Gasteiger partial charge on any atom is -0.494 e. The second-order valence-electron chi connectivity index (χ2n) is 5.79. The highest BCUT2D eigenvalue weighted by Crippen LogP contribution is 2.22. The molecule has 0 spiro atoms. The predicted molar refractivity (Wildman–Crippen MR) is 107 cm³/mol. The highest BCUT2D eigenvalue weighted by atomic mass is 32.1. The van der Waals surface area contributed by atoms with Crippen molar-refractivity contribution in [3.63, 3.8) is 0 Å². The number of fused-ring (bicyclic) bond motifs is 1. The number of nitrogens with one attached hydrogen (secondary N) is 1. The van der Waals surface area contributed by atoms with E-state index >= 15 is 0 Å². The molecule has 0 aliphatic heterocycles. The molecule has 0 saturated carbocycles. The van der Waals surface area contributed by atoms with Crippen molar-refractivity contribution in [3.05, 3.63) is 53.5 Å². The minimum atomic E-state index is -0.0516. The monoisotopic (exact) mass is 364 g/mol. The van der Waals surface area contributed by atoms with E-state index in [2.05, 4.69) is 22.1 Å². The number of ether oxygens (including phenoxy) is 1. The van der Waals surface area contributed by atoms with E-state index in [-0.39, 0.29) is 5.91 Å². The largest absolute Gasteiger partial charge is 0.494 e. The molecule has 0 atom stereocenters. The zero-order valence-corrected chi connectivity index (χ0v) is 15.4. The number of thiazole rings is 1. The molecule has 3 aromatic rings. The first-order valence-corrected chi connectivity index (χ1v) is 9.37. The van der Waals surface area contributed by atoms with Crippen molar-refractivity contribution >= 4 is 33.1 Å². The van der Waals surface area contributed by atoms with E-state index in [0.29, 0.717) is 13.0 Å². The lowest BCUT2D eigenvalue weighted by Gasteiger charge is -2.08. The van der Waals surface area contributed by atoms with Gasteiger partial charge in [-0.25, -0.2) is 4.98 Å². The molecule has 1 N–H and O–H groups in total. The van der Waals surface area contributed by atoms with Crippen LogP contribution in [0.2, 0.25) is 0 Å². The number of aromatic nitrogens is 1. The van der Waals surface area contributed by atoms with Gasteiger partial charge in [0.25, 0.3) is 0 Å². The number of anilines is 1. The van der Waals surface area contributed by atoms with Crippen LogP contribution in [0.15, 0.2) is 48.0 Å². The maximum atomic E-state index is 12.3. The Bertz CT molecular complexity index is 953. The number of unbranched alkanes of at least 4 members (excludes halogenated alkanes) is 1. The normalized spacial score (nSPS) is 10.2. The first-order chi connectivity index (χ1) is 12.7. The molecule has 4 nitrogen and oxygen atoms in total. The summed E-state index contributed by atoms with van der Waals surface area (Å²) in [5.41, 5.74) is 4.46. The molecule has 5 heteroatoms. The molecular formula is C21H20N2O2S. The third kappa shape index (κ3) is 5.08. The average Bonchev–Trinajstić information content (AvgIpc) is 3.09. The SMILES string of the molecule is CC#CCCCOc1cccc(CC(=O)Nc2ccc3ncsc3c2)c1. The van der Waals surface area contributed by atoms with Crippen molar-refractivity contribution < 1.29 is 9.53 Å². The highest BCUT2D eigenvalue weighted by Gasteiger charge is 2.07. The van der Waals surface area contributed by atoms with E-state index < -0.39 is 0 Å². The van der Waals surface area contributed by atoms with Crippen LogP contribution in [0, 0.1) is 11.8 Å². The molecule has 2 aromatic carbocycles. The molecule has 0 aliphatic carbocycles. The van der Waals surface area contributed by atoms with Crippen LogP contribution in [0.3, 0.4) is 0 Å². The fourth-order valence-corrected chi connectivity index (χ4v) is 3.26. The first-order valence-electron chi connectivity index (χ1n) is 8.49. The van der Waals surface area contributed by atoms with Crippen LogP contribution in [-0.2, 0) is 11.2 Å². The topological polar surface area (TPSA) is 51.2 Å². The number of hydrogen-bond donors (Lipinski definition) is 1. The van der Waals surface area contributed by atoms with E-state index in [9.17, 15) is 4.79 Å². The molecule has 1 aromatic heterocycles. The highest BCUT2D eigenvalue weighted by molar-refractivity contribution is 7.16. The Morgan fingerprint density at radius 3 is 3.08 bits per heavy atom. The van der Waals surface area contributed by atoms with Crippen molar-refractivity contribution in [2.45, 2.75) is 26.2 Å². The predicted octanol–water partition coefficient (Wildman–Crippen LogP) is 4.66. The lowest BCUT2D eigenvalue weighted by Crippen LogP contribution is -2.14. The van der Waals surface area contributed by atoms with Gasteiger partial charge in [-0.05, 0) is 49.2 Å². The third-order valence-corrected chi connectivity index (χ3v) is 4.56. The van der Waals surface area contributed by atoms with E-state index in [1.807, 2.05) is 49.4 Å². The van der Waals surface area contributed by atoms with Gasteiger partial charge in [0.05, 0.1) is 28.8 Å². The van der Waals surface area contributed by atoms with Crippen molar-refractivity contribution in [2.24, 2.45) is 0 Å². The van der Waals surface area contributed by atoms with Gasteiger partial charge in [-0.2, -0.15) is 0 Å². The minimum absolute atomic E-state index is 0.0516. The van der Waals surface area contributed by atoms with Crippen LogP contribution in [-0.4, -0.2) is 17.5 Å². The van der Waals surface area contributed by atoms with Gasteiger partial charge in [-0.3, -0.25) is 4.79 Å². The molecule has 26 heavy (non-hydrogen) atoms. The second kappa shape index (κ2) is 9.02. The van der Waals surface area contributed by atoms with Gasteiger partial charge < -0.3 is 10.1 Å². The number of carbonyl (C=O) groups is 1. The Morgan fingerprint density at radius 2 is 2.19 bits per heavy atom. The maximum absolute atomic E-state index is 12.3.